The zero-order valence-corrected chi connectivity index (χ0v) is 29.8. The first-order valence-electron chi connectivity index (χ1n) is 17.3. The van der Waals surface area contributed by atoms with Gasteiger partial charge in [-0.2, -0.15) is 0 Å². The molecule has 6 atom stereocenters. The second kappa shape index (κ2) is 15.8. The Hall–Kier alpha value is -3.47. The van der Waals surface area contributed by atoms with Gasteiger partial charge in [-0.1, -0.05) is 59.1 Å². The van der Waals surface area contributed by atoms with Gasteiger partial charge < -0.3 is 29.4 Å². The van der Waals surface area contributed by atoms with Gasteiger partial charge in [0.25, 0.3) is 5.91 Å². The number of alkyl halides is 1. The number of amides is 3. The largest absolute Gasteiger partial charge is 0.396 e. The Bertz CT molecular complexity index is 1450. The first-order chi connectivity index (χ1) is 23.3. The Kier molecular flexibility index (Phi) is 11.8. The minimum atomic E-state index is -1.17. The molecule has 1 spiro atoms. The normalized spacial score (nSPS) is 25.5. The monoisotopic (exact) mass is 720 g/mol. The van der Waals surface area contributed by atoms with Crippen LogP contribution in [0.25, 0.3) is 0 Å². The number of anilines is 3. The van der Waals surface area contributed by atoms with E-state index in [1.54, 1.807) is 26.9 Å². The molecule has 3 amide bonds. The molecule has 9 nitrogen and oxygen atoms in total. The highest BCUT2D eigenvalue weighted by atomic mass is 79.9. The van der Waals surface area contributed by atoms with E-state index in [4.69, 9.17) is 4.74 Å². The van der Waals surface area contributed by atoms with Gasteiger partial charge in [0.2, 0.25) is 11.8 Å². The van der Waals surface area contributed by atoms with Crippen LogP contribution in [-0.2, 0) is 19.1 Å². The molecule has 3 heterocycles. The number of aliphatic hydroxyl groups excluding tert-OH is 1. The first kappa shape index (κ1) is 35.8. The van der Waals surface area contributed by atoms with Crippen molar-refractivity contribution in [3.8, 4) is 0 Å². The topological polar surface area (TPSA) is 93.6 Å². The lowest BCUT2D eigenvalue weighted by Gasteiger charge is -2.37. The summed E-state index contributed by atoms with van der Waals surface area (Å²) in [4.78, 5) is 51.2. The van der Waals surface area contributed by atoms with Crippen LogP contribution >= 0.6 is 15.9 Å². The number of carbonyl (C=O) groups is 3. The zero-order chi connectivity index (χ0) is 34.4. The number of halogens is 1. The van der Waals surface area contributed by atoms with E-state index in [0.717, 1.165) is 37.3 Å². The fourth-order valence-electron chi connectivity index (χ4n) is 7.95. The Morgan fingerprint density at radius 3 is 2.10 bits per heavy atom. The summed E-state index contributed by atoms with van der Waals surface area (Å²) in [6.45, 7) is 14.8. The SMILES string of the molecule is C=CCN(C(=O)C1N(CCCCCCO)C(=O)[C@@H]2[C@H](C(=O)N(CC=C)c3ccccc3)[C@H]3OC12CC3Br)c1ccc(N(CC)CC)cc1. The molecule has 3 unspecified atom stereocenters. The molecule has 1 N–H and O–H groups in total. The molecule has 3 aliphatic rings. The molecule has 10 heteroatoms. The van der Waals surface area contributed by atoms with E-state index in [0.29, 0.717) is 31.5 Å². The maximum Gasteiger partial charge on any atom is 0.253 e. The van der Waals surface area contributed by atoms with Crippen molar-refractivity contribution in [2.24, 2.45) is 11.8 Å². The number of unbranched alkanes of at least 4 members (excludes halogenated alkanes) is 3. The number of likely N-dealkylation sites (tertiary alicyclic amines) is 1. The van der Waals surface area contributed by atoms with Crippen molar-refractivity contribution in [3.05, 3.63) is 79.9 Å². The van der Waals surface area contributed by atoms with Crippen molar-refractivity contribution in [2.75, 3.05) is 54.0 Å². The molecule has 0 aromatic heterocycles. The first-order valence-corrected chi connectivity index (χ1v) is 18.2. The van der Waals surface area contributed by atoms with Crippen LogP contribution in [-0.4, -0.2) is 89.6 Å². The van der Waals surface area contributed by atoms with E-state index < -0.39 is 29.6 Å². The van der Waals surface area contributed by atoms with Crippen LogP contribution in [0.5, 0.6) is 0 Å². The van der Waals surface area contributed by atoms with E-state index in [-0.39, 0.29) is 42.2 Å². The third-order valence-corrected chi connectivity index (χ3v) is 11.0. The highest BCUT2D eigenvalue weighted by Crippen LogP contribution is 2.60. The molecule has 2 aromatic carbocycles. The van der Waals surface area contributed by atoms with E-state index in [2.05, 4.69) is 47.8 Å². The number of benzene rings is 2. The predicted molar refractivity (Wildman–Crippen MR) is 195 cm³/mol. The van der Waals surface area contributed by atoms with Crippen LogP contribution in [0.4, 0.5) is 17.1 Å². The quantitative estimate of drug-likeness (QED) is 0.131. The lowest BCUT2D eigenvalue weighted by atomic mass is 9.70. The molecular weight excluding hydrogens is 672 g/mol. The fraction of sp³-hybridized carbons (Fsp3) is 0.500. The molecule has 0 aliphatic carbocycles. The van der Waals surface area contributed by atoms with Crippen LogP contribution in [0.2, 0.25) is 0 Å². The molecule has 5 rings (SSSR count). The van der Waals surface area contributed by atoms with E-state index >= 15 is 0 Å². The van der Waals surface area contributed by atoms with Gasteiger partial charge in [0.1, 0.15) is 11.6 Å². The molecule has 48 heavy (non-hydrogen) atoms. The molecule has 3 fully saturated rings. The van der Waals surface area contributed by atoms with Crippen molar-refractivity contribution >= 4 is 50.7 Å². The molecule has 3 aliphatic heterocycles. The highest BCUT2D eigenvalue weighted by Gasteiger charge is 2.77. The number of ether oxygens (including phenoxy) is 1. The third-order valence-electron chi connectivity index (χ3n) is 10.1. The highest BCUT2D eigenvalue weighted by molar-refractivity contribution is 9.09. The van der Waals surface area contributed by atoms with E-state index in [1.165, 1.54) is 0 Å². The number of para-hydroxylation sites is 1. The maximum absolute atomic E-state index is 15.0. The molecule has 3 saturated heterocycles. The Labute approximate surface area is 293 Å². The second-order valence-corrected chi connectivity index (χ2v) is 14.0. The Morgan fingerprint density at radius 1 is 0.917 bits per heavy atom. The summed E-state index contributed by atoms with van der Waals surface area (Å²) in [5, 5.41) is 9.29. The van der Waals surface area contributed by atoms with Crippen molar-refractivity contribution in [2.45, 2.75) is 68.5 Å². The molecule has 2 aromatic rings. The maximum atomic E-state index is 15.0. The third kappa shape index (κ3) is 6.59. The summed E-state index contributed by atoms with van der Waals surface area (Å²) < 4.78 is 6.82. The summed E-state index contributed by atoms with van der Waals surface area (Å²) in [7, 11) is 0. The lowest BCUT2D eigenvalue weighted by Crippen LogP contribution is -2.57. The van der Waals surface area contributed by atoms with Crippen LogP contribution in [0.1, 0.15) is 46.0 Å². The van der Waals surface area contributed by atoms with Gasteiger partial charge in [0, 0.05) is 61.2 Å². The molecule has 0 saturated carbocycles. The van der Waals surface area contributed by atoms with Crippen LogP contribution in [0, 0.1) is 11.8 Å². The molecule has 0 radical (unpaired) electrons. The van der Waals surface area contributed by atoms with E-state index in [9.17, 15) is 19.5 Å². The summed E-state index contributed by atoms with van der Waals surface area (Å²) in [6.07, 6.45) is 6.23. The van der Waals surface area contributed by atoms with Crippen LogP contribution in [0.3, 0.4) is 0 Å². The standard InChI is InChI=1S/C38H49BrN4O5/c1-5-22-41(28-16-12-11-13-17-28)35(45)31-32-36(46)43(24-14-9-10-15-25-44)34(38(32)26-30(39)33(31)48-38)37(47)42(23-6-2)29-20-18-27(19-21-29)40(7-3)8-4/h5-6,11-13,16-21,30-34,44H,1-2,7-10,14-15,22-26H2,3-4H3/t30?,31-,32-,33-,34?,38?/m0/s1. The van der Waals surface area contributed by atoms with Gasteiger partial charge >= 0.3 is 0 Å². The van der Waals surface area contributed by atoms with Gasteiger partial charge in [-0.25, -0.2) is 0 Å². The number of hydrogen-bond donors (Lipinski definition) is 1. The number of hydrogen-bond acceptors (Lipinski definition) is 6. The summed E-state index contributed by atoms with van der Waals surface area (Å²) in [5.41, 5.74) is 1.32. The van der Waals surface area contributed by atoms with Crippen molar-refractivity contribution < 1.29 is 24.2 Å². The average Bonchev–Trinajstić information content (AvgIpc) is 3.69. The smallest absolute Gasteiger partial charge is 0.253 e. The van der Waals surface area contributed by atoms with Gasteiger partial charge in [-0.15, -0.1) is 13.2 Å². The van der Waals surface area contributed by atoms with Crippen LogP contribution < -0.4 is 14.7 Å². The average molecular weight is 722 g/mol. The second-order valence-electron chi connectivity index (χ2n) is 12.8. The number of carbonyl (C=O) groups excluding carboxylic acids is 3. The van der Waals surface area contributed by atoms with Gasteiger partial charge in [0.05, 0.1) is 17.9 Å². The van der Waals surface area contributed by atoms with Gasteiger partial charge in [-0.05, 0) is 69.5 Å². The number of rotatable bonds is 17. The lowest BCUT2D eigenvalue weighted by molar-refractivity contribution is -0.140. The summed E-state index contributed by atoms with van der Waals surface area (Å²) in [5.74, 6) is -2.23. The molecule has 258 valence electrons. The molecular formula is C38H49BrN4O5. The van der Waals surface area contributed by atoms with E-state index in [1.807, 2.05) is 54.6 Å². The van der Waals surface area contributed by atoms with Gasteiger partial charge in [-0.3, -0.25) is 14.4 Å². The number of aliphatic hydroxyl groups is 1. The predicted octanol–water partition coefficient (Wildman–Crippen LogP) is 5.57. The Balaban J connectivity index is 1.54. The summed E-state index contributed by atoms with van der Waals surface area (Å²) in [6, 6.07) is 16.4. The summed E-state index contributed by atoms with van der Waals surface area (Å²) >= 11 is 3.81. The minimum absolute atomic E-state index is 0.118. The fourth-order valence-corrected chi connectivity index (χ4v) is 8.89. The zero-order valence-electron chi connectivity index (χ0n) is 28.2. The number of fused-ring (bicyclic) bond motifs is 1. The van der Waals surface area contributed by atoms with Crippen molar-refractivity contribution in [1.82, 2.24) is 4.90 Å². The minimum Gasteiger partial charge on any atom is -0.396 e. The number of nitrogens with zero attached hydrogens (tertiary/aromatic N) is 4. The van der Waals surface area contributed by atoms with Crippen molar-refractivity contribution in [1.29, 1.82) is 0 Å². The molecule has 2 bridgehead atoms. The van der Waals surface area contributed by atoms with Crippen LogP contribution in [0.15, 0.2) is 79.9 Å². The van der Waals surface area contributed by atoms with Crippen molar-refractivity contribution in [3.63, 3.8) is 0 Å². The van der Waals surface area contributed by atoms with Gasteiger partial charge in [0.15, 0.2) is 0 Å². The Morgan fingerprint density at radius 2 is 1.50 bits per heavy atom.